The highest BCUT2D eigenvalue weighted by molar-refractivity contribution is 6.16. The lowest BCUT2D eigenvalue weighted by molar-refractivity contribution is -0.118. The second-order valence-electron chi connectivity index (χ2n) is 8.36. The van der Waals surface area contributed by atoms with Crippen LogP contribution in [0.5, 0.6) is 17.2 Å². The number of hydrogen-bond donors (Lipinski definition) is 2. The van der Waals surface area contributed by atoms with Crippen LogP contribution in [0.1, 0.15) is 31.9 Å². The number of hydrogen-bond acceptors (Lipinski definition) is 5. The first-order valence-corrected chi connectivity index (χ1v) is 10.8. The number of phenolic OH excluding ortho intramolecular Hbond substituents is 1. The molecule has 168 valence electrons. The van der Waals surface area contributed by atoms with Crippen molar-refractivity contribution in [1.82, 2.24) is 0 Å². The summed E-state index contributed by atoms with van der Waals surface area (Å²) in [6, 6.07) is 21.7. The van der Waals surface area contributed by atoms with Crippen LogP contribution in [-0.2, 0) is 9.59 Å². The normalized spacial score (nSPS) is 15.9. The number of amides is 1. The van der Waals surface area contributed by atoms with Gasteiger partial charge in [-0.3, -0.25) is 14.5 Å². The van der Waals surface area contributed by atoms with Crippen LogP contribution in [0.3, 0.4) is 0 Å². The zero-order valence-corrected chi connectivity index (χ0v) is 18.4. The Morgan fingerprint density at radius 3 is 2.12 bits per heavy atom. The molecule has 1 aliphatic rings. The molecule has 33 heavy (non-hydrogen) atoms. The molecule has 1 heterocycles. The van der Waals surface area contributed by atoms with E-state index in [2.05, 4.69) is 0 Å². The third kappa shape index (κ3) is 4.60. The highest BCUT2D eigenvalue weighted by atomic mass is 16.5. The summed E-state index contributed by atoms with van der Waals surface area (Å²) >= 11 is 0. The molecule has 3 aromatic carbocycles. The Morgan fingerprint density at radius 2 is 1.52 bits per heavy atom. The van der Waals surface area contributed by atoms with Crippen LogP contribution in [0.2, 0.25) is 0 Å². The van der Waals surface area contributed by atoms with Crippen molar-refractivity contribution in [1.29, 1.82) is 0 Å². The number of nitrogens with zero attached hydrogens (tertiary/aromatic N) is 1. The second-order valence-corrected chi connectivity index (χ2v) is 8.36. The molecule has 0 spiro atoms. The van der Waals surface area contributed by atoms with Gasteiger partial charge in [-0.05, 0) is 60.0 Å². The first-order chi connectivity index (χ1) is 15.8. The Labute approximate surface area is 192 Å². The molecular formula is C27H25NO5. The van der Waals surface area contributed by atoms with Gasteiger partial charge in [0.15, 0.2) is 11.5 Å². The number of para-hydroxylation sites is 1. The fourth-order valence-electron chi connectivity index (χ4n) is 3.91. The maximum atomic E-state index is 13.1. The molecule has 0 aliphatic carbocycles. The summed E-state index contributed by atoms with van der Waals surface area (Å²) in [6.07, 6.45) is 0.207. The number of aromatic hydroxyl groups is 1. The lowest BCUT2D eigenvalue weighted by Gasteiger charge is -2.27. The molecule has 0 saturated carbocycles. The third-order valence-electron chi connectivity index (χ3n) is 5.40. The Balaban J connectivity index is 1.70. The van der Waals surface area contributed by atoms with Crippen molar-refractivity contribution in [2.75, 3.05) is 4.90 Å². The van der Waals surface area contributed by atoms with E-state index in [1.54, 1.807) is 36.4 Å². The van der Waals surface area contributed by atoms with E-state index in [-0.39, 0.29) is 29.4 Å². The number of ether oxygens (including phenoxy) is 1. The van der Waals surface area contributed by atoms with Gasteiger partial charge in [0.2, 0.25) is 0 Å². The number of ketones is 1. The molecule has 4 rings (SSSR count). The van der Waals surface area contributed by atoms with Gasteiger partial charge in [0, 0.05) is 12.1 Å². The minimum Gasteiger partial charge on any atom is -0.508 e. The second kappa shape index (κ2) is 9.20. The lowest BCUT2D eigenvalue weighted by Crippen LogP contribution is -2.31. The summed E-state index contributed by atoms with van der Waals surface area (Å²) in [5, 5.41) is 20.4. The molecule has 3 aromatic rings. The topological polar surface area (TPSA) is 87.1 Å². The van der Waals surface area contributed by atoms with Crippen LogP contribution < -0.4 is 9.64 Å². The molecule has 1 amide bonds. The molecule has 0 fully saturated rings. The Bertz CT molecular complexity index is 1180. The van der Waals surface area contributed by atoms with Crippen molar-refractivity contribution >= 4 is 17.4 Å². The van der Waals surface area contributed by atoms with Crippen LogP contribution in [0.4, 0.5) is 5.69 Å². The number of benzene rings is 3. The quantitative estimate of drug-likeness (QED) is 0.489. The van der Waals surface area contributed by atoms with Gasteiger partial charge in [0.05, 0.1) is 11.6 Å². The van der Waals surface area contributed by atoms with Crippen molar-refractivity contribution < 1.29 is 24.5 Å². The van der Waals surface area contributed by atoms with Crippen molar-refractivity contribution in [2.45, 2.75) is 26.3 Å². The van der Waals surface area contributed by atoms with E-state index < -0.39 is 17.7 Å². The van der Waals surface area contributed by atoms with Crippen molar-refractivity contribution in [3.63, 3.8) is 0 Å². The summed E-state index contributed by atoms with van der Waals surface area (Å²) in [5.74, 6) is -0.0470. The summed E-state index contributed by atoms with van der Waals surface area (Å²) in [4.78, 5) is 27.6. The van der Waals surface area contributed by atoms with E-state index in [1.807, 2.05) is 44.2 Å². The number of Topliss-reactive ketones (excluding diaryl/α,β-unsaturated/α-hetero) is 1. The molecule has 0 radical (unpaired) electrons. The van der Waals surface area contributed by atoms with Gasteiger partial charge in [-0.1, -0.05) is 44.2 Å². The molecule has 6 heteroatoms. The summed E-state index contributed by atoms with van der Waals surface area (Å²) in [6.45, 7) is 3.82. The minimum atomic E-state index is -0.801. The third-order valence-corrected chi connectivity index (χ3v) is 5.40. The van der Waals surface area contributed by atoms with Crippen molar-refractivity contribution in [3.8, 4) is 17.2 Å². The smallest absolute Gasteiger partial charge is 0.294 e. The molecular weight excluding hydrogens is 418 g/mol. The highest BCUT2D eigenvalue weighted by Crippen LogP contribution is 2.42. The van der Waals surface area contributed by atoms with Gasteiger partial charge in [-0.15, -0.1) is 0 Å². The number of phenols is 1. The maximum absolute atomic E-state index is 13.1. The fourth-order valence-corrected chi connectivity index (χ4v) is 3.91. The molecule has 0 bridgehead atoms. The fraction of sp³-hybridized carbons (Fsp3) is 0.185. The number of carbonyl (C=O) groups is 2. The van der Waals surface area contributed by atoms with Crippen molar-refractivity contribution in [3.05, 3.63) is 95.8 Å². The van der Waals surface area contributed by atoms with Crippen LogP contribution >= 0.6 is 0 Å². The Hall–Kier alpha value is -4.06. The first-order valence-electron chi connectivity index (χ1n) is 10.8. The Kier molecular flexibility index (Phi) is 6.18. The minimum absolute atomic E-state index is 0.0665. The number of aliphatic hydroxyl groups is 1. The van der Waals surface area contributed by atoms with Gasteiger partial charge in [-0.2, -0.15) is 0 Å². The molecule has 0 saturated heterocycles. The zero-order valence-electron chi connectivity index (χ0n) is 18.4. The summed E-state index contributed by atoms with van der Waals surface area (Å²) in [7, 11) is 0. The molecule has 2 N–H and O–H groups in total. The van der Waals surface area contributed by atoms with Crippen LogP contribution in [0, 0.1) is 5.92 Å². The monoisotopic (exact) mass is 443 g/mol. The summed E-state index contributed by atoms with van der Waals surface area (Å²) in [5.41, 5.74) is 1.20. The number of anilines is 1. The van der Waals surface area contributed by atoms with Gasteiger partial charge >= 0.3 is 0 Å². The highest BCUT2D eigenvalue weighted by Gasteiger charge is 2.44. The van der Waals surface area contributed by atoms with Gasteiger partial charge < -0.3 is 14.9 Å². The van der Waals surface area contributed by atoms with Gasteiger partial charge in [0.25, 0.3) is 5.91 Å². The molecule has 6 nitrogen and oxygen atoms in total. The van der Waals surface area contributed by atoms with E-state index in [4.69, 9.17) is 4.74 Å². The van der Waals surface area contributed by atoms with Crippen molar-refractivity contribution in [2.24, 2.45) is 5.92 Å². The zero-order chi connectivity index (χ0) is 23.5. The van der Waals surface area contributed by atoms with E-state index in [0.29, 0.717) is 22.7 Å². The van der Waals surface area contributed by atoms with Crippen LogP contribution in [0.25, 0.3) is 0 Å². The predicted octanol–water partition coefficient (Wildman–Crippen LogP) is 5.70. The van der Waals surface area contributed by atoms with Gasteiger partial charge in [0.1, 0.15) is 17.2 Å². The average molecular weight is 443 g/mol. The number of rotatable bonds is 7. The molecule has 0 aromatic heterocycles. The molecule has 1 aliphatic heterocycles. The van der Waals surface area contributed by atoms with E-state index in [0.717, 1.165) is 0 Å². The summed E-state index contributed by atoms with van der Waals surface area (Å²) < 4.78 is 5.83. The van der Waals surface area contributed by atoms with Gasteiger partial charge in [-0.25, -0.2) is 0 Å². The maximum Gasteiger partial charge on any atom is 0.294 e. The largest absolute Gasteiger partial charge is 0.508 e. The average Bonchev–Trinajstić information content (AvgIpc) is 3.06. The van der Waals surface area contributed by atoms with Crippen LogP contribution in [0.15, 0.2) is 90.2 Å². The SMILES string of the molecule is CC(C)CC(=O)C1=C(O)C(=O)N(c2ccc(Oc3ccccc3)cc2)C1c1ccc(O)cc1. The van der Waals surface area contributed by atoms with E-state index in [1.165, 1.54) is 17.0 Å². The van der Waals surface area contributed by atoms with E-state index >= 15 is 0 Å². The molecule has 1 atom stereocenters. The standard InChI is InChI=1S/C27H25NO5/c1-17(2)16-23(30)24-25(18-8-12-20(29)13-9-18)28(27(32)26(24)31)19-10-14-22(15-11-19)33-21-6-4-3-5-7-21/h3-15,17,25,29,31H,16H2,1-2H3. The van der Waals surface area contributed by atoms with Crippen LogP contribution in [-0.4, -0.2) is 21.9 Å². The lowest BCUT2D eigenvalue weighted by atomic mass is 9.92. The number of carbonyl (C=O) groups excluding carboxylic acids is 2. The number of aliphatic hydroxyl groups excluding tert-OH is 1. The molecule has 1 unspecified atom stereocenters. The van der Waals surface area contributed by atoms with E-state index in [9.17, 15) is 19.8 Å². The predicted molar refractivity (Wildman–Crippen MR) is 125 cm³/mol. The Morgan fingerprint density at radius 1 is 0.909 bits per heavy atom. The first kappa shape index (κ1) is 22.1.